The van der Waals surface area contributed by atoms with Crippen LogP contribution < -0.4 is 0 Å². The van der Waals surface area contributed by atoms with Crippen molar-refractivity contribution in [2.75, 3.05) is 0 Å². The lowest BCUT2D eigenvalue weighted by Crippen LogP contribution is -1.91. The monoisotopic (exact) mass is 116 g/mol. The molecule has 0 unspecified atom stereocenters. The molecule has 0 heteroatoms. The third kappa shape index (κ3) is 6.00. The molecule has 0 saturated carbocycles. The van der Waals surface area contributed by atoms with E-state index in [2.05, 4.69) is 0 Å². The summed E-state index contributed by atoms with van der Waals surface area (Å²) >= 11 is 0. The second kappa shape index (κ2) is 3.94. The topological polar surface area (TPSA) is 0 Å². The fraction of sp³-hybridized carbons (Fsp3) is 1.00. The van der Waals surface area contributed by atoms with E-state index in [-0.39, 0.29) is 11.8 Å². The summed E-state index contributed by atoms with van der Waals surface area (Å²) in [6.45, 7) is 7.55. The average molecular weight is 116 g/mol. The molecule has 50 valence electrons. The Labute approximate surface area is 56.1 Å². The molecule has 0 nitrogen and oxygen atoms in total. The van der Waals surface area contributed by atoms with Crippen molar-refractivity contribution < 1.29 is 2.74 Å². The molecule has 0 rings (SSSR count). The zero-order valence-corrected chi connectivity index (χ0v) is 6.41. The third-order valence-electron chi connectivity index (χ3n) is 1.12. The van der Waals surface area contributed by atoms with Crippen LogP contribution in [0.5, 0.6) is 0 Å². The second-order valence-corrected chi connectivity index (χ2v) is 2.91. The smallest absolute Gasteiger partial charge is 0.0297 e. The van der Waals surface area contributed by atoms with Crippen LogP contribution in [0.15, 0.2) is 0 Å². The van der Waals surface area contributed by atoms with Crippen molar-refractivity contribution in [2.24, 2.45) is 11.8 Å². The summed E-state index contributed by atoms with van der Waals surface area (Å²) in [4.78, 5) is 0. The van der Waals surface area contributed by atoms with E-state index in [4.69, 9.17) is 2.74 Å². The van der Waals surface area contributed by atoms with Gasteiger partial charge in [0, 0.05) is 2.74 Å². The van der Waals surface area contributed by atoms with Gasteiger partial charge in [0.25, 0.3) is 0 Å². The first-order valence-electron chi connectivity index (χ1n) is 4.21. The Kier molecular flexibility index (Phi) is 2.38. The molecule has 8 heavy (non-hydrogen) atoms. The molecule has 0 heterocycles. The van der Waals surface area contributed by atoms with Crippen molar-refractivity contribution in [3.05, 3.63) is 0 Å². The molecule has 0 aromatic heterocycles. The lowest BCUT2D eigenvalue weighted by molar-refractivity contribution is 0.476. The van der Waals surface area contributed by atoms with Gasteiger partial charge in [-0.15, -0.1) is 0 Å². The Morgan fingerprint density at radius 2 is 1.25 bits per heavy atom. The van der Waals surface area contributed by atoms with Crippen molar-refractivity contribution in [1.29, 1.82) is 0 Å². The lowest BCUT2D eigenvalue weighted by atomic mass is 10.0. The molecule has 0 spiro atoms. The number of hydrogen-bond acceptors (Lipinski definition) is 0. The van der Waals surface area contributed by atoms with Crippen LogP contribution in [0.25, 0.3) is 0 Å². The van der Waals surface area contributed by atoms with Crippen LogP contribution in [-0.4, -0.2) is 0 Å². The zero-order chi connectivity index (χ0) is 8.41. The zero-order valence-electron chi connectivity index (χ0n) is 8.41. The highest BCUT2D eigenvalue weighted by Crippen LogP contribution is 2.09. The minimum atomic E-state index is -0.363. The van der Waals surface area contributed by atoms with Crippen molar-refractivity contribution >= 4 is 0 Å². The van der Waals surface area contributed by atoms with Crippen molar-refractivity contribution in [3.63, 3.8) is 0 Å². The van der Waals surface area contributed by atoms with Crippen LogP contribution in [0.3, 0.4) is 0 Å². The van der Waals surface area contributed by atoms with Gasteiger partial charge in [0.15, 0.2) is 0 Å². The molecule has 0 aromatic rings. The van der Waals surface area contributed by atoms with Crippen LogP contribution >= 0.6 is 0 Å². The molecule has 0 fully saturated rings. The van der Waals surface area contributed by atoms with E-state index < -0.39 is 0 Å². The molecule has 0 aliphatic rings. The van der Waals surface area contributed by atoms with Crippen LogP contribution in [0.2, 0.25) is 0 Å². The quantitative estimate of drug-likeness (QED) is 0.531. The molecule has 0 bridgehead atoms. The van der Waals surface area contributed by atoms with Gasteiger partial charge in [-0.05, 0) is 11.8 Å². The molecule has 0 N–H and O–H groups in total. The highest BCUT2D eigenvalue weighted by atomic mass is 14.0. The van der Waals surface area contributed by atoms with Gasteiger partial charge >= 0.3 is 0 Å². The van der Waals surface area contributed by atoms with Crippen LogP contribution in [0.4, 0.5) is 0 Å². The minimum Gasteiger partial charge on any atom is -0.0628 e. The Balaban J connectivity index is 3.56. The molecule has 0 atom stereocenters. The summed E-state index contributed by atoms with van der Waals surface area (Å²) in [5, 5.41) is 0. The fourth-order valence-electron chi connectivity index (χ4n) is 0.500. The Morgan fingerprint density at radius 1 is 1.00 bits per heavy atom. The Bertz CT molecular complexity index is 80.8. The third-order valence-corrected chi connectivity index (χ3v) is 1.12. The minimum absolute atomic E-state index is 0.363. The molecular weight excluding hydrogens is 96.1 g/mol. The maximum Gasteiger partial charge on any atom is 0.0297 e. The molecule has 0 radical (unpaired) electrons. The molecule has 0 aliphatic carbocycles. The van der Waals surface area contributed by atoms with E-state index >= 15 is 0 Å². The molecule has 0 aliphatic heterocycles. The largest absolute Gasteiger partial charge is 0.0628 e. The summed E-state index contributed by atoms with van der Waals surface area (Å²) in [5.74, 6) is -0.726. The first-order chi connectivity index (χ1) is 4.21. The van der Waals surface area contributed by atoms with E-state index in [0.717, 1.165) is 12.8 Å². The molecule has 0 amide bonds. The summed E-state index contributed by atoms with van der Waals surface area (Å²) in [6, 6.07) is 0. The van der Waals surface area contributed by atoms with Crippen LogP contribution in [0.1, 0.15) is 43.3 Å². The molecular formula is C8H18. The van der Waals surface area contributed by atoms with Gasteiger partial charge in [-0.2, -0.15) is 0 Å². The lowest BCUT2D eigenvalue weighted by Gasteiger charge is -2.05. The van der Waals surface area contributed by atoms with Gasteiger partial charge in [0.2, 0.25) is 0 Å². The fourth-order valence-corrected chi connectivity index (χ4v) is 0.500. The van der Waals surface area contributed by atoms with E-state index in [1.54, 1.807) is 0 Å². The maximum absolute atomic E-state index is 7.53. The van der Waals surface area contributed by atoms with Gasteiger partial charge in [0.05, 0.1) is 0 Å². The van der Waals surface area contributed by atoms with E-state index in [1.807, 2.05) is 27.7 Å². The average Bonchev–Trinajstić information content (AvgIpc) is 1.57. The van der Waals surface area contributed by atoms with Gasteiger partial charge < -0.3 is 0 Å². The predicted octanol–water partition coefficient (Wildman–Crippen LogP) is 3.08. The first kappa shape index (κ1) is 4.84. The maximum atomic E-state index is 7.53. The van der Waals surface area contributed by atoms with Gasteiger partial charge in [-0.25, -0.2) is 0 Å². The Hall–Kier alpha value is 0. The standard InChI is InChI=1S/C8H18/c1-7(2)5-6-8(3)4/h7-8H,5-6H2,1-4H3/i7D,8D. The number of hydrogen-bond donors (Lipinski definition) is 0. The summed E-state index contributed by atoms with van der Waals surface area (Å²) < 4.78 is 15.1. The summed E-state index contributed by atoms with van der Waals surface area (Å²) in [7, 11) is 0. The summed E-state index contributed by atoms with van der Waals surface area (Å²) in [6.07, 6.45) is 1.62. The predicted molar refractivity (Wildman–Crippen MR) is 38.9 cm³/mol. The van der Waals surface area contributed by atoms with E-state index in [9.17, 15) is 0 Å². The molecule has 0 saturated heterocycles. The number of rotatable bonds is 3. The Morgan fingerprint density at radius 3 is 1.38 bits per heavy atom. The van der Waals surface area contributed by atoms with E-state index in [1.165, 1.54) is 0 Å². The van der Waals surface area contributed by atoms with Gasteiger partial charge in [-0.3, -0.25) is 0 Å². The highest BCUT2D eigenvalue weighted by Gasteiger charge is 1.95. The van der Waals surface area contributed by atoms with E-state index in [0.29, 0.717) is 0 Å². The van der Waals surface area contributed by atoms with Crippen molar-refractivity contribution in [2.45, 2.75) is 40.5 Å². The van der Waals surface area contributed by atoms with Crippen LogP contribution in [0, 0.1) is 11.8 Å². The second-order valence-electron chi connectivity index (χ2n) is 2.91. The normalized spacial score (nSPS) is 17.5. The highest BCUT2D eigenvalue weighted by molar-refractivity contribution is 4.48. The first-order valence-corrected chi connectivity index (χ1v) is 3.21. The SMILES string of the molecule is [2H]C(C)(C)CCC([2H])(C)C. The van der Waals surface area contributed by atoms with Crippen molar-refractivity contribution in [1.82, 2.24) is 0 Å². The van der Waals surface area contributed by atoms with Crippen molar-refractivity contribution in [3.8, 4) is 0 Å². The van der Waals surface area contributed by atoms with Gasteiger partial charge in [-0.1, -0.05) is 40.5 Å². The van der Waals surface area contributed by atoms with Crippen LogP contribution in [-0.2, 0) is 0 Å². The van der Waals surface area contributed by atoms with Gasteiger partial charge in [0.1, 0.15) is 0 Å². The molecule has 0 aromatic carbocycles. The summed E-state index contributed by atoms with van der Waals surface area (Å²) in [5.41, 5.74) is 0.